The minimum absolute atomic E-state index is 0. The molecule has 20 heavy (non-hydrogen) atoms. The number of rotatable bonds is 4. The summed E-state index contributed by atoms with van der Waals surface area (Å²) in [4.78, 5) is 12.4. The number of hydrogen-bond acceptors (Lipinski definition) is 2. The number of amides is 1. The molecule has 1 heterocycles. The molecular weight excluding hydrogens is 272 g/mol. The maximum atomic E-state index is 12.4. The molecular formula is C16H29ClN2O. The van der Waals surface area contributed by atoms with E-state index in [2.05, 4.69) is 17.6 Å². The van der Waals surface area contributed by atoms with E-state index in [0.29, 0.717) is 22.7 Å². The van der Waals surface area contributed by atoms with E-state index in [9.17, 15) is 4.79 Å². The highest BCUT2D eigenvalue weighted by atomic mass is 35.5. The molecule has 0 radical (unpaired) electrons. The first kappa shape index (κ1) is 16.1. The Balaban J connectivity index is 0.00000147. The third kappa shape index (κ3) is 2.99. The summed E-state index contributed by atoms with van der Waals surface area (Å²) in [6.45, 7) is 5.40. The van der Waals surface area contributed by atoms with Crippen LogP contribution in [-0.2, 0) is 4.79 Å². The minimum atomic E-state index is 0. The van der Waals surface area contributed by atoms with Crippen LogP contribution in [0, 0.1) is 16.7 Å². The molecule has 1 amide bonds. The Labute approximate surface area is 129 Å². The van der Waals surface area contributed by atoms with Crippen LogP contribution in [-0.4, -0.2) is 25.5 Å². The van der Waals surface area contributed by atoms with Crippen molar-refractivity contribution < 1.29 is 4.79 Å². The zero-order valence-corrected chi connectivity index (χ0v) is 13.5. The van der Waals surface area contributed by atoms with Gasteiger partial charge in [-0.25, -0.2) is 0 Å². The van der Waals surface area contributed by atoms with Crippen molar-refractivity contribution in [1.82, 2.24) is 10.6 Å². The normalized spacial score (nSPS) is 29.8. The van der Waals surface area contributed by atoms with Gasteiger partial charge in [-0.3, -0.25) is 4.79 Å². The maximum Gasteiger partial charge on any atom is 0.223 e. The second-order valence-electron chi connectivity index (χ2n) is 7.15. The Morgan fingerprint density at radius 2 is 1.85 bits per heavy atom. The number of piperidine rings is 1. The van der Waals surface area contributed by atoms with Gasteiger partial charge in [0, 0.05) is 12.5 Å². The van der Waals surface area contributed by atoms with Gasteiger partial charge in [0.2, 0.25) is 5.91 Å². The molecule has 4 heteroatoms. The zero-order valence-electron chi connectivity index (χ0n) is 12.7. The van der Waals surface area contributed by atoms with Crippen molar-refractivity contribution in [3.05, 3.63) is 0 Å². The highest BCUT2D eigenvalue weighted by Crippen LogP contribution is 2.58. The fourth-order valence-corrected chi connectivity index (χ4v) is 4.37. The van der Waals surface area contributed by atoms with E-state index >= 15 is 0 Å². The van der Waals surface area contributed by atoms with Crippen molar-refractivity contribution in [3.63, 3.8) is 0 Å². The molecule has 0 bridgehead atoms. The van der Waals surface area contributed by atoms with Crippen LogP contribution in [0.25, 0.3) is 0 Å². The lowest BCUT2D eigenvalue weighted by atomic mass is 9.83. The standard InChI is InChI=1S/C16H28N2O.ClH/c1-2-15(5-3-4-6-15)12-18-14(19)13-11-16(13)7-9-17-10-8-16;/h13,17H,2-12H2,1H3,(H,18,19);1H. The van der Waals surface area contributed by atoms with Crippen molar-refractivity contribution in [1.29, 1.82) is 0 Å². The van der Waals surface area contributed by atoms with E-state index in [1.54, 1.807) is 0 Å². The molecule has 0 aromatic heterocycles. The first-order valence-electron chi connectivity index (χ1n) is 8.18. The van der Waals surface area contributed by atoms with Crippen LogP contribution in [0.5, 0.6) is 0 Å². The SMILES string of the molecule is CCC1(CNC(=O)C2CC23CCNCC3)CCCC1.Cl. The lowest BCUT2D eigenvalue weighted by Gasteiger charge is -2.28. The van der Waals surface area contributed by atoms with Gasteiger partial charge in [-0.2, -0.15) is 0 Å². The predicted octanol–water partition coefficient (Wildman–Crippen LogP) is 2.88. The second kappa shape index (κ2) is 6.23. The average molecular weight is 301 g/mol. The molecule has 2 N–H and O–H groups in total. The van der Waals surface area contributed by atoms with Crippen LogP contribution >= 0.6 is 12.4 Å². The quantitative estimate of drug-likeness (QED) is 0.838. The molecule has 1 saturated heterocycles. The van der Waals surface area contributed by atoms with Crippen molar-refractivity contribution in [2.45, 2.75) is 58.3 Å². The summed E-state index contributed by atoms with van der Waals surface area (Å²) >= 11 is 0. The summed E-state index contributed by atoms with van der Waals surface area (Å²) in [5, 5.41) is 6.69. The van der Waals surface area contributed by atoms with E-state index in [4.69, 9.17) is 0 Å². The Morgan fingerprint density at radius 3 is 2.45 bits per heavy atom. The lowest BCUT2D eigenvalue weighted by Crippen LogP contribution is -2.38. The summed E-state index contributed by atoms with van der Waals surface area (Å²) in [5.74, 6) is 0.673. The van der Waals surface area contributed by atoms with E-state index < -0.39 is 0 Å². The molecule has 1 unspecified atom stereocenters. The first-order chi connectivity index (χ1) is 9.20. The number of halogens is 1. The van der Waals surface area contributed by atoms with Crippen molar-refractivity contribution in [2.75, 3.05) is 19.6 Å². The van der Waals surface area contributed by atoms with Crippen molar-refractivity contribution in [2.24, 2.45) is 16.7 Å². The van der Waals surface area contributed by atoms with E-state index in [1.165, 1.54) is 44.9 Å². The molecule has 2 aliphatic carbocycles. The molecule has 1 aliphatic heterocycles. The van der Waals surface area contributed by atoms with Crippen LogP contribution in [0.3, 0.4) is 0 Å². The fraction of sp³-hybridized carbons (Fsp3) is 0.938. The highest BCUT2D eigenvalue weighted by Gasteiger charge is 2.57. The molecule has 3 rings (SSSR count). The van der Waals surface area contributed by atoms with Gasteiger partial charge in [0.05, 0.1) is 0 Å². The summed E-state index contributed by atoms with van der Waals surface area (Å²) in [6.07, 6.45) is 10.1. The molecule has 1 spiro atoms. The number of hydrogen-bond donors (Lipinski definition) is 2. The smallest absolute Gasteiger partial charge is 0.223 e. The lowest BCUT2D eigenvalue weighted by molar-refractivity contribution is -0.123. The van der Waals surface area contributed by atoms with Crippen LogP contribution in [0.1, 0.15) is 58.3 Å². The molecule has 3 nitrogen and oxygen atoms in total. The summed E-state index contributed by atoms with van der Waals surface area (Å²) in [6, 6.07) is 0. The summed E-state index contributed by atoms with van der Waals surface area (Å²) in [5.41, 5.74) is 0.802. The Kier molecular flexibility index (Phi) is 5.01. The van der Waals surface area contributed by atoms with Gasteiger partial charge in [0.25, 0.3) is 0 Å². The topological polar surface area (TPSA) is 41.1 Å². The molecule has 2 saturated carbocycles. The first-order valence-corrected chi connectivity index (χ1v) is 8.18. The van der Waals surface area contributed by atoms with Crippen LogP contribution in [0.2, 0.25) is 0 Å². The third-order valence-electron chi connectivity index (χ3n) is 6.16. The summed E-state index contributed by atoms with van der Waals surface area (Å²) in [7, 11) is 0. The Hall–Kier alpha value is -0.280. The fourth-order valence-electron chi connectivity index (χ4n) is 4.37. The maximum absolute atomic E-state index is 12.4. The van der Waals surface area contributed by atoms with E-state index in [1.807, 2.05) is 0 Å². The van der Waals surface area contributed by atoms with Gasteiger partial charge in [-0.15, -0.1) is 12.4 Å². The Morgan fingerprint density at radius 1 is 1.20 bits per heavy atom. The van der Waals surface area contributed by atoms with E-state index in [0.717, 1.165) is 26.1 Å². The largest absolute Gasteiger partial charge is 0.355 e. The van der Waals surface area contributed by atoms with Gasteiger partial charge >= 0.3 is 0 Å². The highest BCUT2D eigenvalue weighted by molar-refractivity contribution is 5.85. The summed E-state index contributed by atoms with van der Waals surface area (Å²) < 4.78 is 0. The van der Waals surface area contributed by atoms with Gasteiger partial charge in [-0.05, 0) is 62.4 Å². The molecule has 3 aliphatic rings. The molecule has 0 aromatic rings. The number of nitrogens with one attached hydrogen (secondary N) is 2. The van der Waals surface area contributed by atoms with Gasteiger partial charge in [-0.1, -0.05) is 19.8 Å². The van der Waals surface area contributed by atoms with Gasteiger partial charge in [0.1, 0.15) is 0 Å². The van der Waals surface area contributed by atoms with E-state index in [-0.39, 0.29) is 12.4 Å². The van der Waals surface area contributed by atoms with Gasteiger partial charge < -0.3 is 10.6 Å². The zero-order chi connectivity index (χ0) is 13.3. The Bertz CT molecular complexity index is 346. The number of carbonyl (C=O) groups excluding carboxylic acids is 1. The average Bonchev–Trinajstić information content (AvgIpc) is 2.93. The van der Waals surface area contributed by atoms with Crippen molar-refractivity contribution >= 4 is 18.3 Å². The number of carbonyl (C=O) groups is 1. The molecule has 1 atom stereocenters. The predicted molar refractivity (Wildman–Crippen MR) is 84.1 cm³/mol. The van der Waals surface area contributed by atoms with Gasteiger partial charge in [0.15, 0.2) is 0 Å². The monoisotopic (exact) mass is 300 g/mol. The van der Waals surface area contributed by atoms with Crippen LogP contribution in [0.4, 0.5) is 0 Å². The van der Waals surface area contributed by atoms with Crippen LogP contribution < -0.4 is 10.6 Å². The molecule has 3 fully saturated rings. The third-order valence-corrected chi connectivity index (χ3v) is 6.16. The molecule has 116 valence electrons. The van der Waals surface area contributed by atoms with Crippen LogP contribution in [0.15, 0.2) is 0 Å². The van der Waals surface area contributed by atoms with Crippen molar-refractivity contribution in [3.8, 4) is 0 Å². The second-order valence-corrected chi connectivity index (χ2v) is 7.15. The minimum Gasteiger partial charge on any atom is -0.355 e. The molecule has 0 aromatic carbocycles.